The molecule has 0 aromatic rings. The number of hydrogen-bond donors (Lipinski definition) is 0. The van der Waals surface area contributed by atoms with E-state index in [2.05, 4.69) is 6.08 Å². The van der Waals surface area contributed by atoms with Crippen LogP contribution in [0.25, 0.3) is 0 Å². The first-order valence-electron chi connectivity index (χ1n) is 3.19. The van der Waals surface area contributed by atoms with Crippen LogP contribution in [0.1, 0.15) is 25.7 Å². The molecule has 1 rings (SSSR count). The van der Waals surface area contributed by atoms with Crippen LogP contribution >= 0.6 is 0 Å². The van der Waals surface area contributed by atoms with Crippen molar-refractivity contribution in [1.29, 1.82) is 0 Å². The van der Waals surface area contributed by atoms with E-state index in [1.165, 1.54) is 12.8 Å². The summed E-state index contributed by atoms with van der Waals surface area (Å²) < 4.78 is 0. The summed E-state index contributed by atoms with van der Waals surface area (Å²) in [5.74, 6) is 0. The van der Waals surface area contributed by atoms with E-state index < -0.39 is 0 Å². The van der Waals surface area contributed by atoms with Crippen molar-refractivity contribution in [2.75, 3.05) is 6.61 Å². The third-order valence-electron chi connectivity index (χ3n) is 1.57. The molecular weight excluding hydrogens is 123 g/mol. The molecule has 0 N–H and O–H groups in total. The van der Waals surface area contributed by atoms with Crippen molar-refractivity contribution in [1.82, 2.24) is 0 Å². The summed E-state index contributed by atoms with van der Waals surface area (Å²) in [6, 6.07) is 0. The van der Waals surface area contributed by atoms with Crippen LogP contribution in [0.3, 0.4) is 0 Å². The molecule has 0 aromatic heterocycles. The van der Waals surface area contributed by atoms with Gasteiger partial charge in [-0.2, -0.15) is 0 Å². The first-order chi connectivity index (χ1) is 3.93. The average Bonchev–Trinajstić information content (AvgIpc) is 1.90. The van der Waals surface area contributed by atoms with Gasteiger partial charge in [0.25, 0.3) is 0 Å². The van der Waals surface area contributed by atoms with Crippen LogP contribution in [0, 0.1) is 0 Å². The fourth-order valence-corrected chi connectivity index (χ4v) is 1.04. The van der Waals surface area contributed by atoms with Crippen LogP contribution in [0.2, 0.25) is 0 Å². The molecule has 1 aliphatic rings. The number of rotatable bonds is 1. The molecule has 9 heavy (non-hydrogen) atoms. The number of allylic oxidation sites excluding steroid dienone is 1. The van der Waals surface area contributed by atoms with Gasteiger partial charge in [-0.15, -0.1) is 6.61 Å². The molecule has 0 aromatic carbocycles. The molecule has 0 radical (unpaired) electrons. The zero-order valence-electron chi connectivity index (χ0n) is 6.02. The summed E-state index contributed by atoms with van der Waals surface area (Å²) in [6.07, 6.45) is 6.80. The van der Waals surface area contributed by atoms with Gasteiger partial charge < -0.3 is 5.11 Å². The number of hydrogen-bond acceptors (Lipinski definition) is 1. The third kappa shape index (κ3) is 3.41. The van der Waals surface area contributed by atoms with Gasteiger partial charge in [0.1, 0.15) is 0 Å². The maximum Gasteiger partial charge on any atom is 1.00 e. The van der Waals surface area contributed by atoms with Crippen LogP contribution in [-0.4, -0.2) is 6.61 Å². The SMILES string of the molecule is [Na+].[O-]CC1=CCCCC1. The minimum absolute atomic E-state index is 0. The van der Waals surface area contributed by atoms with Crippen molar-refractivity contribution in [3.8, 4) is 0 Å². The van der Waals surface area contributed by atoms with E-state index in [-0.39, 0.29) is 36.2 Å². The van der Waals surface area contributed by atoms with Crippen molar-refractivity contribution in [2.24, 2.45) is 0 Å². The molecule has 0 heterocycles. The van der Waals surface area contributed by atoms with Gasteiger partial charge in [-0.25, -0.2) is 0 Å². The van der Waals surface area contributed by atoms with E-state index in [9.17, 15) is 5.11 Å². The maximum absolute atomic E-state index is 10.2. The topological polar surface area (TPSA) is 23.1 Å². The first kappa shape index (κ1) is 9.70. The van der Waals surface area contributed by atoms with E-state index in [1.807, 2.05) is 0 Å². The van der Waals surface area contributed by atoms with Crippen molar-refractivity contribution in [2.45, 2.75) is 25.7 Å². The smallest absolute Gasteiger partial charge is 0.851 e. The molecule has 0 unspecified atom stereocenters. The standard InChI is InChI=1S/C7H11O.Na/c8-6-7-4-2-1-3-5-7;/h4H,1-3,5-6H2;/q-1;+1. The van der Waals surface area contributed by atoms with E-state index in [0.717, 1.165) is 18.4 Å². The van der Waals surface area contributed by atoms with Crippen molar-refractivity contribution >= 4 is 0 Å². The molecule has 0 spiro atoms. The predicted molar refractivity (Wildman–Crippen MR) is 31.4 cm³/mol. The van der Waals surface area contributed by atoms with Crippen molar-refractivity contribution in [3.63, 3.8) is 0 Å². The van der Waals surface area contributed by atoms with E-state index in [0.29, 0.717) is 0 Å². The molecule has 0 saturated carbocycles. The molecule has 46 valence electrons. The Labute approximate surface area is 78.4 Å². The summed E-state index contributed by atoms with van der Waals surface area (Å²) in [5.41, 5.74) is 1.12. The zero-order valence-corrected chi connectivity index (χ0v) is 8.02. The van der Waals surface area contributed by atoms with E-state index >= 15 is 0 Å². The molecule has 0 bridgehead atoms. The van der Waals surface area contributed by atoms with Gasteiger partial charge in [-0.3, -0.25) is 0 Å². The van der Waals surface area contributed by atoms with E-state index in [1.54, 1.807) is 0 Å². The average molecular weight is 134 g/mol. The Morgan fingerprint density at radius 1 is 1.44 bits per heavy atom. The van der Waals surface area contributed by atoms with Gasteiger partial charge in [0.05, 0.1) is 0 Å². The summed E-state index contributed by atoms with van der Waals surface area (Å²) in [6.45, 7) is 0.0278. The predicted octanol–water partition coefficient (Wildman–Crippen LogP) is -2.15. The molecule has 1 aliphatic carbocycles. The second-order valence-electron chi connectivity index (χ2n) is 2.25. The van der Waals surface area contributed by atoms with Gasteiger partial charge >= 0.3 is 29.6 Å². The molecular formula is C7H11NaO. The zero-order chi connectivity index (χ0) is 5.82. The second-order valence-corrected chi connectivity index (χ2v) is 2.25. The normalized spacial score (nSPS) is 18.1. The molecule has 2 heteroatoms. The van der Waals surface area contributed by atoms with Crippen LogP contribution in [-0.2, 0) is 0 Å². The van der Waals surface area contributed by atoms with Gasteiger partial charge in [-0.1, -0.05) is 11.6 Å². The molecule has 0 amide bonds. The Balaban J connectivity index is 0.000000640. The summed E-state index contributed by atoms with van der Waals surface area (Å²) in [7, 11) is 0. The fraction of sp³-hybridized carbons (Fsp3) is 0.714. The Morgan fingerprint density at radius 2 is 2.22 bits per heavy atom. The summed E-state index contributed by atoms with van der Waals surface area (Å²) >= 11 is 0. The van der Waals surface area contributed by atoms with Crippen LogP contribution in [0.5, 0.6) is 0 Å². The monoisotopic (exact) mass is 134 g/mol. The maximum atomic E-state index is 10.2. The van der Waals surface area contributed by atoms with Crippen LogP contribution < -0.4 is 34.7 Å². The van der Waals surface area contributed by atoms with Gasteiger partial charge in [0.2, 0.25) is 0 Å². The molecule has 1 nitrogen and oxygen atoms in total. The molecule has 0 aliphatic heterocycles. The van der Waals surface area contributed by atoms with Crippen molar-refractivity contribution in [3.05, 3.63) is 11.6 Å². The Morgan fingerprint density at radius 3 is 2.56 bits per heavy atom. The minimum atomic E-state index is 0. The summed E-state index contributed by atoms with van der Waals surface area (Å²) in [5, 5.41) is 10.2. The Hall–Kier alpha value is 0.700. The largest absolute Gasteiger partial charge is 1.00 e. The van der Waals surface area contributed by atoms with E-state index in [4.69, 9.17) is 0 Å². The quantitative estimate of drug-likeness (QED) is 0.296. The first-order valence-corrected chi connectivity index (χ1v) is 3.19. The summed E-state index contributed by atoms with van der Waals surface area (Å²) in [4.78, 5) is 0. The Bertz CT molecular complexity index is 99.1. The van der Waals surface area contributed by atoms with Gasteiger partial charge in [0.15, 0.2) is 0 Å². The van der Waals surface area contributed by atoms with Crippen molar-refractivity contribution < 1.29 is 34.7 Å². The van der Waals surface area contributed by atoms with Crippen LogP contribution in [0.4, 0.5) is 0 Å². The molecule has 0 fully saturated rings. The molecule has 0 atom stereocenters. The second kappa shape index (κ2) is 5.48. The fourth-order valence-electron chi connectivity index (χ4n) is 1.04. The van der Waals surface area contributed by atoms with Crippen LogP contribution in [0.15, 0.2) is 11.6 Å². The van der Waals surface area contributed by atoms with Gasteiger partial charge in [0, 0.05) is 0 Å². The Kier molecular flexibility index (Phi) is 5.91. The third-order valence-corrected chi connectivity index (χ3v) is 1.57. The molecule has 0 saturated heterocycles. The van der Waals surface area contributed by atoms with Gasteiger partial charge in [-0.05, 0) is 25.7 Å². The minimum Gasteiger partial charge on any atom is -0.851 e.